The molecule has 1 aliphatic heterocycles. The molecule has 5 nitrogen and oxygen atoms in total. The Labute approximate surface area is 132 Å². The van der Waals surface area contributed by atoms with Crippen LogP contribution in [0.3, 0.4) is 0 Å². The molecule has 6 heteroatoms. The quantitative estimate of drug-likeness (QED) is 0.946. The van der Waals surface area contributed by atoms with Crippen molar-refractivity contribution >= 4 is 23.0 Å². The van der Waals surface area contributed by atoms with Crippen LogP contribution in [0.25, 0.3) is 0 Å². The van der Waals surface area contributed by atoms with Gasteiger partial charge in [-0.25, -0.2) is 5.01 Å². The number of nitrogens with zero attached hydrogens (tertiary/aromatic N) is 2. The van der Waals surface area contributed by atoms with E-state index in [0.717, 1.165) is 16.2 Å². The van der Waals surface area contributed by atoms with Crippen LogP contribution in [-0.4, -0.2) is 28.8 Å². The van der Waals surface area contributed by atoms with E-state index >= 15 is 0 Å². The number of phenols is 1. The Morgan fingerprint density at radius 1 is 1.45 bits per heavy atom. The highest BCUT2D eigenvalue weighted by Gasteiger charge is 2.32. The molecule has 114 valence electrons. The first-order chi connectivity index (χ1) is 10.6. The van der Waals surface area contributed by atoms with Gasteiger partial charge in [-0.3, -0.25) is 4.79 Å². The second kappa shape index (κ2) is 5.81. The zero-order valence-electron chi connectivity index (χ0n) is 12.3. The van der Waals surface area contributed by atoms with Gasteiger partial charge in [0.05, 0.1) is 18.9 Å². The summed E-state index contributed by atoms with van der Waals surface area (Å²) in [6, 6.07) is 9.02. The zero-order valence-corrected chi connectivity index (χ0v) is 13.1. The van der Waals surface area contributed by atoms with Crippen LogP contribution >= 0.6 is 11.3 Å². The summed E-state index contributed by atoms with van der Waals surface area (Å²) in [6.45, 7) is 1.52. The number of phenolic OH excluding ortho intramolecular Hbond substituents is 1. The van der Waals surface area contributed by atoms with Crippen molar-refractivity contribution in [3.05, 3.63) is 46.2 Å². The largest absolute Gasteiger partial charge is 0.504 e. The normalized spacial score (nSPS) is 17.5. The van der Waals surface area contributed by atoms with Gasteiger partial charge in [-0.15, -0.1) is 11.3 Å². The summed E-state index contributed by atoms with van der Waals surface area (Å²) in [5, 5.41) is 17.7. The van der Waals surface area contributed by atoms with Crippen LogP contribution in [0.5, 0.6) is 11.5 Å². The van der Waals surface area contributed by atoms with Crippen molar-refractivity contribution < 1.29 is 14.6 Å². The third-order valence-corrected chi connectivity index (χ3v) is 4.59. The van der Waals surface area contributed by atoms with Crippen molar-refractivity contribution in [2.75, 3.05) is 7.11 Å². The van der Waals surface area contributed by atoms with Gasteiger partial charge in [0.2, 0.25) is 5.91 Å². The van der Waals surface area contributed by atoms with Crippen LogP contribution in [-0.2, 0) is 4.79 Å². The summed E-state index contributed by atoms with van der Waals surface area (Å²) < 4.78 is 5.14. The lowest BCUT2D eigenvalue weighted by Gasteiger charge is -2.18. The number of hydrogen-bond acceptors (Lipinski definition) is 5. The minimum Gasteiger partial charge on any atom is -0.504 e. The van der Waals surface area contributed by atoms with Crippen LogP contribution in [0.2, 0.25) is 0 Å². The molecule has 3 rings (SSSR count). The number of methoxy groups -OCH3 is 1. The number of ether oxygens (including phenoxy) is 1. The minimum absolute atomic E-state index is 0.0627. The Kier molecular flexibility index (Phi) is 3.85. The van der Waals surface area contributed by atoms with Crippen LogP contribution in [0.4, 0.5) is 0 Å². The topological polar surface area (TPSA) is 62.1 Å². The molecule has 2 heterocycles. The molecule has 0 spiro atoms. The second-order valence-corrected chi connectivity index (χ2v) is 6.01. The average Bonchev–Trinajstić information content (AvgIpc) is 3.16. The molecule has 0 saturated carbocycles. The molecule has 1 N–H and O–H groups in total. The first-order valence-corrected chi connectivity index (χ1v) is 7.76. The number of amides is 1. The molecule has 1 atom stereocenters. The standard InChI is InChI=1S/C16H16N2O3S/c1-10(19)18-13(16-4-3-7-22-16)9-12(17-18)11-5-6-14(20)15(8-11)21-2/h3-8,13,20H,9H2,1-2H3/t13-/m1/s1. The average molecular weight is 316 g/mol. The molecular weight excluding hydrogens is 300 g/mol. The van der Waals surface area contributed by atoms with Gasteiger partial charge in [-0.05, 0) is 29.6 Å². The lowest BCUT2D eigenvalue weighted by molar-refractivity contribution is -0.130. The van der Waals surface area contributed by atoms with E-state index in [1.165, 1.54) is 19.0 Å². The molecule has 0 fully saturated rings. The number of carbonyl (C=O) groups excluding carboxylic acids is 1. The van der Waals surface area contributed by atoms with E-state index in [2.05, 4.69) is 5.10 Å². The Morgan fingerprint density at radius 2 is 2.27 bits per heavy atom. The fraction of sp³-hybridized carbons (Fsp3) is 0.250. The smallest absolute Gasteiger partial charge is 0.240 e. The van der Waals surface area contributed by atoms with E-state index in [4.69, 9.17) is 4.74 Å². The predicted octanol–water partition coefficient (Wildman–Crippen LogP) is 3.16. The van der Waals surface area contributed by atoms with Crippen LogP contribution in [0, 0.1) is 0 Å². The Balaban J connectivity index is 1.95. The molecule has 0 aliphatic carbocycles. The highest BCUT2D eigenvalue weighted by atomic mass is 32.1. The van der Waals surface area contributed by atoms with Gasteiger partial charge in [0.1, 0.15) is 0 Å². The highest BCUT2D eigenvalue weighted by Crippen LogP contribution is 2.36. The van der Waals surface area contributed by atoms with Crippen molar-refractivity contribution in [3.63, 3.8) is 0 Å². The summed E-state index contributed by atoms with van der Waals surface area (Å²) in [7, 11) is 1.51. The SMILES string of the molecule is COc1cc(C2=NN(C(C)=O)[C@@H](c3cccs3)C2)ccc1O. The molecule has 1 aromatic heterocycles. The highest BCUT2D eigenvalue weighted by molar-refractivity contribution is 7.10. The van der Waals surface area contributed by atoms with Gasteiger partial charge in [-0.1, -0.05) is 6.07 Å². The van der Waals surface area contributed by atoms with E-state index in [-0.39, 0.29) is 17.7 Å². The Morgan fingerprint density at radius 3 is 2.91 bits per heavy atom. The van der Waals surface area contributed by atoms with Crippen molar-refractivity contribution in [1.29, 1.82) is 0 Å². The van der Waals surface area contributed by atoms with Crippen molar-refractivity contribution in [1.82, 2.24) is 5.01 Å². The fourth-order valence-corrected chi connectivity index (χ4v) is 3.35. The first kappa shape index (κ1) is 14.6. The number of benzene rings is 1. The molecule has 1 aromatic carbocycles. The van der Waals surface area contributed by atoms with E-state index < -0.39 is 0 Å². The summed E-state index contributed by atoms with van der Waals surface area (Å²) in [4.78, 5) is 13.0. The maximum Gasteiger partial charge on any atom is 0.240 e. The molecule has 0 radical (unpaired) electrons. The third-order valence-electron chi connectivity index (χ3n) is 3.62. The van der Waals surface area contributed by atoms with Crippen molar-refractivity contribution in [2.24, 2.45) is 5.10 Å². The molecule has 22 heavy (non-hydrogen) atoms. The molecule has 2 aromatic rings. The minimum atomic E-state index is -0.0841. The maximum absolute atomic E-state index is 11.9. The van der Waals surface area contributed by atoms with Gasteiger partial charge in [0.15, 0.2) is 11.5 Å². The number of aromatic hydroxyl groups is 1. The summed E-state index contributed by atoms with van der Waals surface area (Å²) in [5.74, 6) is 0.399. The van der Waals surface area contributed by atoms with Crippen molar-refractivity contribution in [2.45, 2.75) is 19.4 Å². The summed E-state index contributed by atoms with van der Waals surface area (Å²) in [5.41, 5.74) is 1.66. The van der Waals surface area contributed by atoms with Crippen LogP contribution < -0.4 is 4.74 Å². The lowest BCUT2D eigenvalue weighted by Crippen LogP contribution is -2.23. The summed E-state index contributed by atoms with van der Waals surface area (Å²) >= 11 is 1.62. The zero-order chi connectivity index (χ0) is 15.7. The van der Waals surface area contributed by atoms with E-state index in [1.54, 1.807) is 29.5 Å². The second-order valence-electron chi connectivity index (χ2n) is 5.03. The number of carbonyl (C=O) groups is 1. The number of hydrazone groups is 1. The Bertz CT molecular complexity index is 725. The predicted molar refractivity (Wildman–Crippen MR) is 85.4 cm³/mol. The van der Waals surface area contributed by atoms with E-state index in [9.17, 15) is 9.90 Å². The fourth-order valence-electron chi connectivity index (χ4n) is 2.53. The number of hydrogen-bond donors (Lipinski definition) is 1. The molecular formula is C16H16N2O3S. The monoisotopic (exact) mass is 316 g/mol. The van der Waals surface area contributed by atoms with Gasteiger partial charge in [0, 0.05) is 23.8 Å². The van der Waals surface area contributed by atoms with Gasteiger partial charge < -0.3 is 9.84 Å². The number of thiophene rings is 1. The van der Waals surface area contributed by atoms with E-state index in [1.807, 2.05) is 17.5 Å². The van der Waals surface area contributed by atoms with Crippen LogP contribution in [0.1, 0.15) is 29.8 Å². The summed E-state index contributed by atoms with van der Waals surface area (Å²) in [6.07, 6.45) is 0.647. The Hall–Kier alpha value is -2.34. The van der Waals surface area contributed by atoms with Gasteiger partial charge in [0.25, 0.3) is 0 Å². The van der Waals surface area contributed by atoms with E-state index in [0.29, 0.717) is 12.2 Å². The molecule has 1 aliphatic rings. The molecule has 0 unspecified atom stereocenters. The number of rotatable bonds is 3. The van der Waals surface area contributed by atoms with Gasteiger partial charge >= 0.3 is 0 Å². The maximum atomic E-state index is 11.9. The molecule has 1 amide bonds. The van der Waals surface area contributed by atoms with Crippen molar-refractivity contribution in [3.8, 4) is 11.5 Å². The lowest BCUT2D eigenvalue weighted by atomic mass is 10.0. The molecule has 0 saturated heterocycles. The molecule has 0 bridgehead atoms. The van der Waals surface area contributed by atoms with Gasteiger partial charge in [-0.2, -0.15) is 5.10 Å². The third kappa shape index (κ3) is 2.57. The first-order valence-electron chi connectivity index (χ1n) is 6.88. The van der Waals surface area contributed by atoms with Crippen LogP contribution in [0.15, 0.2) is 40.8 Å².